The highest BCUT2D eigenvalue weighted by atomic mass is 32.2. The molecule has 35 heavy (non-hydrogen) atoms. The number of fused-ring (bicyclic) bond motifs is 1. The van der Waals surface area contributed by atoms with Gasteiger partial charge in [-0.25, -0.2) is 17.8 Å². The minimum Gasteiger partial charge on any atom is -0.369 e. The fourth-order valence-corrected chi connectivity index (χ4v) is 8.02. The molecule has 0 spiro atoms. The van der Waals surface area contributed by atoms with E-state index in [1.165, 1.54) is 12.5 Å². The standard InChI is InChI=1S/C25H35FN4O3S2/c1-16(15-30-12-11-20-14-21(26)9-10-23(20)30)27-24(31)22(13-19-7-5-4-6-8-19)29-35(32,33)25-17(2)28-18(3)34-25/h9-10,14,16,19,22,29H,4-8,11-13,15H2,1-3H3,(H,27,31)/t16?,22-/m0/s1. The lowest BCUT2D eigenvalue weighted by Crippen LogP contribution is -2.51. The summed E-state index contributed by atoms with van der Waals surface area (Å²) in [6.45, 7) is 6.70. The molecule has 2 heterocycles. The van der Waals surface area contributed by atoms with E-state index in [1.54, 1.807) is 26.0 Å². The molecule has 4 rings (SSSR count). The van der Waals surface area contributed by atoms with Crippen LogP contribution in [0, 0.1) is 25.6 Å². The normalized spacial score (nSPS) is 18.3. The summed E-state index contributed by atoms with van der Waals surface area (Å²) in [7, 11) is -3.87. The molecule has 192 valence electrons. The smallest absolute Gasteiger partial charge is 0.252 e. The summed E-state index contributed by atoms with van der Waals surface area (Å²) >= 11 is 1.12. The molecule has 1 fully saturated rings. The van der Waals surface area contributed by atoms with Crippen molar-refractivity contribution in [1.29, 1.82) is 0 Å². The molecular formula is C25H35FN4O3S2. The van der Waals surface area contributed by atoms with E-state index in [4.69, 9.17) is 0 Å². The second kappa shape index (κ2) is 10.9. The van der Waals surface area contributed by atoms with Crippen molar-refractivity contribution >= 4 is 33.0 Å². The molecule has 0 saturated heterocycles. The molecule has 0 radical (unpaired) electrons. The lowest BCUT2D eigenvalue weighted by molar-refractivity contribution is -0.123. The van der Waals surface area contributed by atoms with E-state index < -0.39 is 16.1 Å². The third kappa shape index (κ3) is 6.40. The van der Waals surface area contributed by atoms with Gasteiger partial charge in [-0.05, 0) is 63.3 Å². The fourth-order valence-electron chi connectivity index (χ4n) is 5.32. The SMILES string of the molecule is Cc1nc(C)c(S(=O)(=O)N[C@@H](CC2CCCCC2)C(=O)NC(C)CN2CCc3cc(F)ccc32)s1. The third-order valence-corrected chi connectivity index (χ3v) is 10.1. The van der Waals surface area contributed by atoms with Crippen LogP contribution in [0.15, 0.2) is 22.4 Å². The molecule has 1 saturated carbocycles. The first-order chi connectivity index (χ1) is 16.6. The topological polar surface area (TPSA) is 91.4 Å². The quantitative estimate of drug-likeness (QED) is 0.518. The van der Waals surface area contributed by atoms with Gasteiger partial charge in [0.1, 0.15) is 11.9 Å². The molecule has 0 bridgehead atoms. The number of hydrogen-bond acceptors (Lipinski definition) is 6. The molecule has 1 aromatic heterocycles. The zero-order valence-corrected chi connectivity index (χ0v) is 22.3. The number of hydrogen-bond donors (Lipinski definition) is 2. The van der Waals surface area contributed by atoms with E-state index in [2.05, 4.69) is 19.9 Å². The number of nitrogens with zero attached hydrogens (tertiary/aromatic N) is 2. The molecule has 2 atom stereocenters. The van der Waals surface area contributed by atoms with Gasteiger partial charge in [0.05, 0.1) is 10.7 Å². The third-order valence-electron chi connectivity index (χ3n) is 6.93. The van der Waals surface area contributed by atoms with Crippen molar-refractivity contribution < 1.29 is 17.6 Å². The number of anilines is 1. The van der Waals surface area contributed by atoms with Crippen molar-refractivity contribution in [2.24, 2.45) is 5.92 Å². The van der Waals surface area contributed by atoms with E-state index in [1.807, 2.05) is 6.92 Å². The van der Waals surface area contributed by atoms with Crippen molar-refractivity contribution in [3.8, 4) is 0 Å². The first-order valence-corrected chi connectivity index (χ1v) is 14.7. The van der Waals surface area contributed by atoms with Gasteiger partial charge >= 0.3 is 0 Å². The molecule has 1 aromatic carbocycles. The zero-order chi connectivity index (χ0) is 25.2. The van der Waals surface area contributed by atoms with Crippen LogP contribution in [-0.4, -0.2) is 44.5 Å². The van der Waals surface area contributed by atoms with Crippen LogP contribution >= 0.6 is 11.3 Å². The van der Waals surface area contributed by atoms with E-state index in [0.717, 1.165) is 61.2 Å². The Morgan fingerprint density at radius 3 is 2.69 bits per heavy atom. The number of nitrogens with one attached hydrogen (secondary N) is 2. The Hall–Kier alpha value is -2.04. The molecule has 2 aromatic rings. The number of aryl methyl sites for hydroxylation is 2. The summed E-state index contributed by atoms with van der Waals surface area (Å²) < 4.78 is 42.8. The van der Waals surface area contributed by atoms with Crippen LogP contribution in [0.5, 0.6) is 0 Å². The van der Waals surface area contributed by atoms with Gasteiger partial charge in [-0.1, -0.05) is 32.1 Å². The highest BCUT2D eigenvalue weighted by molar-refractivity contribution is 7.91. The molecule has 10 heteroatoms. The summed E-state index contributed by atoms with van der Waals surface area (Å²) in [5, 5.41) is 3.72. The molecule has 1 aliphatic carbocycles. The Morgan fingerprint density at radius 2 is 2.00 bits per heavy atom. The van der Waals surface area contributed by atoms with Gasteiger partial charge in [-0.2, -0.15) is 4.72 Å². The van der Waals surface area contributed by atoms with Crippen molar-refractivity contribution in [1.82, 2.24) is 15.0 Å². The number of sulfonamides is 1. The van der Waals surface area contributed by atoms with Gasteiger partial charge in [-0.15, -0.1) is 11.3 Å². The van der Waals surface area contributed by atoms with Gasteiger partial charge in [0.25, 0.3) is 10.0 Å². The molecule has 7 nitrogen and oxygen atoms in total. The van der Waals surface area contributed by atoms with Crippen LogP contribution in [-0.2, 0) is 21.2 Å². The number of rotatable bonds is 9. The van der Waals surface area contributed by atoms with Gasteiger partial charge < -0.3 is 10.2 Å². The Kier molecular flexibility index (Phi) is 8.12. The Bertz CT molecular complexity index is 1160. The first-order valence-electron chi connectivity index (χ1n) is 12.4. The maximum absolute atomic E-state index is 13.6. The van der Waals surface area contributed by atoms with E-state index in [9.17, 15) is 17.6 Å². The van der Waals surface area contributed by atoms with Crippen LogP contribution < -0.4 is 14.9 Å². The predicted molar refractivity (Wildman–Crippen MR) is 137 cm³/mol. The van der Waals surface area contributed by atoms with Crippen LogP contribution in [0.2, 0.25) is 0 Å². The van der Waals surface area contributed by atoms with Crippen LogP contribution in [0.4, 0.5) is 10.1 Å². The number of aromatic nitrogens is 1. The summed E-state index contributed by atoms with van der Waals surface area (Å²) in [4.78, 5) is 19.8. The summed E-state index contributed by atoms with van der Waals surface area (Å²) in [6.07, 6.45) is 6.71. The van der Waals surface area contributed by atoms with Gasteiger partial charge in [0.15, 0.2) is 4.21 Å². The first kappa shape index (κ1) is 26.0. The maximum atomic E-state index is 13.6. The molecule has 1 aliphatic heterocycles. The highest BCUT2D eigenvalue weighted by Gasteiger charge is 2.32. The van der Waals surface area contributed by atoms with Crippen LogP contribution in [0.25, 0.3) is 0 Å². The number of halogens is 1. The number of amides is 1. The number of thiazole rings is 1. The number of carbonyl (C=O) groups is 1. The lowest BCUT2D eigenvalue weighted by atomic mass is 9.85. The second-order valence-electron chi connectivity index (χ2n) is 9.90. The van der Waals surface area contributed by atoms with Gasteiger partial charge in [0.2, 0.25) is 5.91 Å². The second-order valence-corrected chi connectivity index (χ2v) is 13.0. The van der Waals surface area contributed by atoms with E-state index in [0.29, 0.717) is 29.6 Å². The van der Waals surface area contributed by atoms with Crippen molar-refractivity contribution in [3.63, 3.8) is 0 Å². The van der Waals surface area contributed by atoms with Crippen LogP contribution in [0.1, 0.15) is 61.7 Å². The summed E-state index contributed by atoms with van der Waals surface area (Å²) in [5.74, 6) is -0.220. The number of benzene rings is 1. The minimum absolute atomic E-state index is 0.172. The lowest BCUT2D eigenvalue weighted by Gasteiger charge is -2.29. The van der Waals surface area contributed by atoms with E-state index in [-0.39, 0.29) is 22.0 Å². The minimum atomic E-state index is -3.87. The fraction of sp³-hybridized carbons (Fsp3) is 0.600. The molecule has 2 N–H and O–H groups in total. The largest absolute Gasteiger partial charge is 0.369 e. The molecule has 2 aliphatic rings. The highest BCUT2D eigenvalue weighted by Crippen LogP contribution is 2.30. The number of carbonyl (C=O) groups excluding carboxylic acids is 1. The Morgan fingerprint density at radius 1 is 1.26 bits per heavy atom. The maximum Gasteiger partial charge on any atom is 0.252 e. The monoisotopic (exact) mass is 522 g/mol. The molecular weight excluding hydrogens is 487 g/mol. The van der Waals surface area contributed by atoms with Crippen molar-refractivity contribution in [3.05, 3.63) is 40.3 Å². The van der Waals surface area contributed by atoms with Gasteiger partial charge in [-0.3, -0.25) is 4.79 Å². The van der Waals surface area contributed by atoms with Crippen molar-refractivity contribution in [2.45, 2.75) is 82.0 Å². The predicted octanol–water partition coefficient (Wildman–Crippen LogP) is 4.08. The Balaban J connectivity index is 1.45. The average Bonchev–Trinajstić information content (AvgIpc) is 3.35. The summed E-state index contributed by atoms with van der Waals surface area (Å²) in [5.41, 5.74) is 2.42. The molecule has 1 amide bonds. The molecule has 1 unspecified atom stereocenters. The zero-order valence-electron chi connectivity index (χ0n) is 20.6. The van der Waals surface area contributed by atoms with E-state index >= 15 is 0 Å². The Labute approximate surface area is 211 Å². The average molecular weight is 523 g/mol. The van der Waals surface area contributed by atoms with Gasteiger partial charge in [0, 0.05) is 24.8 Å². The van der Waals surface area contributed by atoms with Crippen LogP contribution in [0.3, 0.4) is 0 Å². The summed E-state index contributed by atoms with van der Waals surface area (Å²) in [6, 6.07) is 3.76. The van der Waals surface area contributed by atoms with Crippen molar-refractivity contribution in [2.75, 3.05) is 18.0 Å².